The Labute approximate surface area is 223 Å². The third-order valence-corrected chi connectivity index (χ3v) is 8.67. The summed E-state index contributed by atoms with van der Waals surface area (Å²) in [5.41, 5.74) is 2.46. The Hall–Kier alpha value is -3.99. The van der Waals surface area contributed by atoms with Gasteiger partial charge < -0.3 is 4.90 Å². The number of amides is 1. The Kier molecular flexibility index (Phi) is 7.54. The van der Waals surface area contributed by atoms with Crippen molar-refractivity contribution in [2.75, 3.05) is 13.1 Å². The van der Waals surface area contributed by atoms with Crippen molar-refractivity contribution in [3.8, 4) is 6.07 Å². The molecule has 1 amide bonds. The molecular formula is C31H29N3O3S. The fraction of sp³-hybridized carbons (Fsp3) is 0.226. The minimum absolute atomic E-state index is 0.113. The van der Waals surface area contributed by atoms with Crippen molar-refractivity contribution in [1.82, 2.24) is 9.62 Å². The zero-order chi connectivity index (χ0) is 26.5. The van der Waals surface area contributed by atoms with Crippen molar-refractivity contribution < 1.29 is 13.2 Å². The number of fused-ring (bicyclic) bond motifs is 1. The summed E-state index contributed by atoms with van der Waals surface area (Å²) >= 11 is 0. The number of rotatable bonds is 7. The number of hydrogen-bond acceptors (Lipinski definition) is 4. The normalized spacial score (nSPS) is 15.2. The molecule has 1 saturated heterocycles. The van der Waals surface area contributed by atoms with E-state index in [1.807, 2.05) is 48.5 Å². The van der Waals surface area contributed by atoms with Crippen molar-refractivity contribution in [2.45, 2.75) is 36.1 Å². The molecule has 1 atom stereocenters. The molecule has 1 aliphatic rings. The number of nitriles is 1. The monoisotopic (exact) mass is 523 g/mol. The van der Waals surface area contributed by atoms with E-state index in [9.17, 15) is 18.5 Å². The quantitative estimate of drug-likeness (QED) is 0.369. The Bertz CT molecular complexity index is 1590. The molecule has 0 aromatic heterocycles. The number of hydrogen-bond donors (Lipinski definition) is 1. The third kappa shape index (κ3) is 5.77. The summed E-state index contributed by atoms with van der Waals surface area (Å²) in [4.78, 5) is 15.6. The minimum atomic E-state index is -3.99. The molecule has 0 saturated carbocycles. The molecule has 1 aliphatic heterocycles. The van der Waals surface area contributed by atoms with E-state index in [-0.39, 0.29) is 17.2 Å². The van der Waals surface area contributed by atoms with Crippen molar-refractivity contribution >= 4 is 26.7 Å². The van der Waals surface area contributed by atoms with Gasteiger partial charge in [0.25, 0.3) is 0 Å². The lowest BCUT2D eigenvalue weighted by Gasteiger charge is -2.34. The summed E-state index contributed by atoms with van der Waals surface area (Å²) in [5, 5.41) is 11.1. The van der Waals surface area contributed by atoms with Crippen LogP contribution in [-0.2, 0) is 21.2 Å². The number of likely N-dealkylation sites (tertiary alicyclic amines) is 1. The molecular weight excluding hydrogens is 494 g/mol. The Balaban J connectivity index is 1.39. The van der Waals surface area contributed by atoms with Gasteiger partial charge >= 0.3 is 0 Å². The molecule has 0 spiro atoms. The van der Waals surface area contributed by atoms with Crippen LogP contribution in [0, 0.1) is 11.3 Å². The maximum atomic E-state index is 13.8. The van der Waals surface area contributed by atoms with Gasteiger partial charge in [-0.1, -0.05) is 72.8 Å². The smallest absolute Gasteiger partial charge is 0.241 e. The summed E-state index contributed by atoms with van der Waals surface area (Å²) in [5.74, 6) is 0.128. The molecule has 38 heavy (non-hydrogen) atoms. The van der Waals surface area contributed by atoms with Crippen LogP contribution in [0.2, 0.25) is 0 Å². The van der Waals surface area contributed by atoms with E-state index in [0.29, 0.717) is 24.6 Å². The molecule has 0 bridgehead atoms. The minimum Gasteiger partial charge on any atom is -0.341 e. The molecule has 5 rings (SSSR count). The summed E-state index contributed by atoms with van der Waals surface area (Å²) in [7, 11) is -3.99. The number of piperidine rings is 1. The topological polar surface area (TPSA) is 90.3 Å². The van der Waals surface area contributed by atoms with E-state index in [1.165, 1.54) is 5.56 Å². The largest absolute Gasteiger partial charge is 0.341 e. The number of sulfonamides is 1. The van der Waals surface area contributed by atoms with Gasteiger partial charge in [-0.2, -0.15) is 9.98 Å². The van der Waals surface area contributed by atoms with Gasteiger partial charge in [0.1, 0.15) is 6.04 Å². The Morgan fingerprint density at radius 2 is 1.61 bits per heavy atom. The second-order valence-corrected chi connectivity index (χ2v) is 11.4. The van der Waals surface area contributed by atoms with E-state index in [1.54, 1.807) is 41.3 Å². The SMILES string of the molecule is N#Cc1cccc(C[C@H](NS(=O)(=O)c2ccc3ccccc3c2)C(=O)N2CCC(c3ccccc3)CC2)c1. The predicted octanol–water partition coefficient (Wildman–Crippen LogP) is 5.01. The highest BCUT2D eigenvalue weighted by atomic mass is 32.2. The standard InChI is InChI=1S/C31H29N3O3S/c32-22-24-8-6-7-23(19-24)20-30(31(35)34-17-15-27(16-18-34)25-9-2-1-3-10-25)33-38(36,37)29-14-13-26-11-4-5-12-28(26)21-29/h1-14,19,21,27,30,33H,15-18,20H2/t30-/m0/s1. The van der Waals surface area contributed by atoms with Gasteiger partial charge in [-0.25, -0.2) is 8.42 Å². The second kappa shape index (κ2) is 11.2. The van der Waals surface area contributed by atoms with Gasteiger partial charge in [-0.15, -0.1) is 0 Å². The highest BCUT2D eigenvalue weighted by molar-refractivity contribution is 7.89. The van der Waals surface area contributed by atoms with Crippen LogP contribution < -0.4 is 4.72 Å². The van der Waals surface area contributed by atoms with Crippen LogP contribution >= 0.6 is 0 Å². The van der Waals surface area contributed by atoms with Crippen LogP contribution in [-0.4, -0.2) is 38.4 Å². The van der Waals surface area contributed by atoms with E-state index in [4.69, 9.17) is 0 Å². The molecule has 6 nitrogen and oxygen atoms in total. The summed E-state index contributed by atoms with van der Waals surface area (Å²) in [6.07, 6.45) is 1.80. The lowest BCUT2D eigenvalue weighted by molar-refractivity contribution is -0.134. The van der Waals surface area contributed by atoms with Crippen molar-refractivity contribution in [3.63, 3.8) is 0 Å². The maximum absolute atomic E-state index is 13.8. The second-order valence-electron chi connectivity index (χ2n) is 9.71. The zero-order valence-electron chi connectivity index (χ0n) is 21.0. The first-order valence-corrected chi connectivity index (χ1v) is 14.3. The molecule has 4 aromatic carbocycles. The molecule has 0 aliphatic carbocycles. The average molecular weight is 524 g/mol. The van der Waals surface area contributed by atoms with Gasteiger partial charge in [-0.05, 0) is 71.3 Å². The highest BCUT2D eigenvalue weighted by Gasteiger charge is 2.32. The third-order valence-electron chi connectivity index (χ3n) is 7.20. The number of carbonyl (C=O) groups excluding carboxylic acids is 1. The van der Waals surface area contributed by atoms with Crippen LogP contribution in [0.25, 0.3) is 10.8 Å². The molecule has 7 heteroatoms. The summed E-state index contributed by atoms with van der Waals surface area (Å²) < 4.78 is 29.7. The molecule has 0 radical (unpaired) electrons. The molecule has 0 unspecified atom stereocenters. The first-order valence-electron chi connectivity index (χ1n) is 12.8. The van der Waals surface area contributed by atoms with Crippen LogP contribution in [0.5, 0.6) is 0 Å². The van der Waals surface area contributed by atoms with Gasteiger partial charge in [0, 0.05) is 13.1 Å². The number of nitrogens with one attached hydrogen (secondary N) is 1. The van der Waals surface area contributed by atoms with E-state index >= 15 is 0 Å². The lowest BCUT2D eigenvalue weighted by atomic mass is 9.89. The average Bonchev–Trinajstić information content (AvgIpc) is 2.96. The number of carbonyl (C=O) groups is 1. The number of benzene rings is 4. The van der Waals surface area contributed by atoms with Gasteiger partial charge in [0.05, 0.1) is 16.5 Å². The fourth-order valence-corrected chi connectivity index (χ4v) is 6.38. The van der Waals surface area contributed by atoms with E-state index in [0.717, 1.165) is 29.2 Å². The Morgan fingerprint density at radius 1 is 0.895 bits per heavy atom. The van der Waals surface area contributed by atoms with Crippen LogP contribution in [0.3, 0.4) is 0 Å². The van der Waals surface area contributed by atoms with Gasteiger partial charge in [-0.3, -0.25) is 4.79 Å². The Morgan fingerprint density at radius 3 is 2.34 bits per heavy atom. The van der Waals surface area contributed by atoms with Crippen LogP contribution in [0.1, 0.15) is 35.4 Å². The van der Waals surface area contributed by atoms with Gasteiger partial charge in [0.15, 0.2) is 0 Å². The van der Waals surface area contributed by atoms with Crippen LogP contribution in [0.4, 0.5) is 0 Å². The molecule has 4 aromatic rings. The van der Waals surface area contributed by atoms with Crippen LogP contribution in [0.15, 0.2) is 102 Å². The fourth-order valence-electron chi connectivity index (χ4n) is 5.15. The molecule has 1 heterocycles. The maximum Gasteiger partial charge on any atom is 0.241 e. The van der Waals surface area contributed by atoms with Crippen molar-refractivity contribution in [3.05, 3.63) is 114 Å². The van der Waals surface area contributed by atoms with Gasteiger partial charge in [0.2, 0.25) is 15.9 Å². The zero-order valence-corrected chi connectivity index (χ0v) is 21.8. The molecule has 192 valence electrons. The highest BCUT2D eigenvalue weighted by Crippen LogP contribution is 2.28. The summed E-state index contributed by atoms with van der Waals surface area (Å²) in [6.45, 7) is 1.12. The van der Waals surface area contributed by atoms with E-state index in [2.05, 4.69) is 22.9 Å². The molecule has 1 fully saturated rings. The predicted molar refractivity (Wildman–Crippen MR) is 148 cm³/mol. The molecule has 1 N–H and O–H groups in total. The number of nitrogens with zero attached hydrogens (tertiary/aromatic N) is 2. The van der Waals surface area contributed by atoms with E-state index < -0.39 is 16.1 Å². The first kappa shape index (κ1) is 25.7. The first-order chi connectivity index (χ1) is 18.4. The summed E-state index contributed by atoms with van der Waals surface area (Å²) in [6, 6.07) is 30.9. The lowest BCUT2D eigenvalue weighted by Crippen LogP contribution is -2.51. The van der Waals surface area contributed by atoms with Crippen molar-refractivity contribution in [2.24, 2.45) is 0 Å². The van der Waals surface area contributed by atoms with Crippen molar-refractivity contribution in [1.29, 1.82) is 5.26 Å².